The molecular formula is C14H17Cl2N3. The molecule has 0 aliphatic heterocycles. The lowest BCUT2D eigenvalue weighted by atomic mass is 10.1. The molecule has 1 aromatic heterocycles. The molecule has 3 nitrogen and oxygen atoms in total. The van der Waals surface area contributed by atoms with Crippen molar-refractivity contribution in [3.05, 3.63) is 45.7 Å². The normalized spacial score (nSPS) is 10.9. The van der Waals surface area contributed by atoms with Gasteiger partial charge >= 0.3 is 0 Å². The number of hydrogen-bond acceptors (Lipinski definition) is 2. The number of benzene rings is 1. The third-order valence-corrected chi connectivity index (χ3v) is 3.48. The van der Waals surface area contributed by atoms with E-state index >= 15 is 0 Å². The fraction of sp³-hybridized carbons (Fsp3) is 0.357. The summed E-state index contributed by atoms with van der Waals surface area (Å²) < 4.78 is 1.78. The average molecular weight is 298 g/mol. The molecule has 0 radical (unpaired) electrons. The largest absolute Gasteiger partial charge is 0.313 e. The van der Waals surface area contributed by atoms with Crippen LogP contribution in [0, 0.1) is 6.92 Å². The number of aryl methyl sites for hydroxylation is 1. The highest BCUT2D eigenvalue weighted by atomic mass is 35.5. The highest BCUT2D eigenvalue weighted by molar-refractivity contribution is 6.31. The molecule has 0 amide bonds. The van der Waals surface area contributed by atoms with E-state index in [4.69, 9.17) is 23.2 Å². The van der Waals surface area contributed by atoms with Gasteiger partial charge in [-0.25, -0.2) is 4.68 Å². The molecule has 1 heterocycles. The van der Waals surface area contributed by atoms with Gasteiger partial charge in [-0.3, -0.25) is 0 Å². The van der Waals surface area contributed by atoms with Crippen molar-refractivity contribution >= 4 is 23.2 Å². The van der Waals surface area contributed by atoms with Crippen LogP contribution in [-0.4, -0.2) is 16.3 Å². The van der Waals surface area contributed by atoms with Gasteiger partial charge in [-0.1, -0.05) is 36.2 Å². The number of aromatic nitrogens is 2. The maximum absolute atomic E-state index is 6.08. The smallest absolute Gasteiger partial charge is 0.0819 e. The van der Waals surface area contributed by atoms with Gasteiger partial charge in [-0.05, 0) is 37.6 Å². The highest BCUT2D eigenvalue weighted by Crippen LogP contribution is 2.22. The number of halogens is 2. The van der Waals surface area contributed by atoms with Crippen molar-refractivity contribution in [3.63, 3.8) is 0 Å². The second kappa shape index (κ2) is 6.42. The molecule has 1 N–H and O–H groups in total. The Morgan fingerprint density at radius 3 is 2.74 bits per heavy atom. The van der Waals surface area contributed by atoms with E-state index in [1.807, 2.05) is 31.3 Å². The molecule has 0 spiro atoms. The Labute approximate surface area is 123 Å². The molecule has 19 heavy (non-hydrogen) atoms. The Kier molecular flexibility index (Phi) is 4.86. The van der Waals surface area contributed by atoms with Gasteiger partial charge in [0.1, 0.15) is 0 Å². The van der Waals surface area contributed by atoms with Crippen LogP contribution in [-0.2, 0) is 6.54 Å². The fourth-order valence-electron chi connectivity index (χ4n) is 1.86. The molecule has 102 valence electrons. The summed E-state index contributed by atoms with van der Waals surface area (Å²) in [6.45, 7) is 5.81. The molecule has 2 rings (SSSR count). The number of rotatable bonds is 5. The van der Waals surface area contributed by atoms with Gasteiger partial charge < -0.3 is 5.32 Å². The van der Waals surface area contributed by atoms with Crippen LogP contribution in [0.3, 0.4) is 0 Å². The van der Waals surface area contributed by atoms with Crippen molar-refractivity contribution in [2.75, 3.05) is 6.54 Å². The standard InChI is InChI=1S/C14H17Cl2N3/c1-3-6-17-8-11-4-5-12(15)7-14(11)19-9-13(16)10(2)18-19/h4-5,7,9,17H,3,6,8H2,1-2H3. The summed E-state index contributed by atoms with van der Waals surface area (Å²) >= 11 is 12.1. The van der Waals surface area contributed by atoms with Crippen LogP contribution in [0.25, 0.3) is 5.69 Å². The van der Waals surface area contributed by atoms with E-state index in [2.05, 4.69) is 17.3 Å². The van der Waals surface area contributed by atoms with E-state index in [-0.39, 0.29) is 0 Å². The van der Waals surface area contributed by atoms with Crippen molar-refractivity contribution < 1.29 is 0 Å². The Bertz CT molecular complexity index is 544. The first kappa shape index (κ1) is 14.4. The zero-order valence-corrected chi connectivity index (χ0v) is 12.6. The maximum atomic E-state index is 6.08. The first-order valence-corrected chi connectivity index (χ1v) is 7.08. The minimum absolute atomic E-state index is 0.660. The van der Waals surface area contributed by atoms with Crippen LogP contribution in [0.15, 0.2) is 24.4 Å². The molecular weight excluding hydrogens is 281 g/mol. The van der Waals surface area contributed by atoms with E-state index in [9.17, 15) is 0 Å². The zero-order chi connectivity index (χ0) is 13.8. The molecule has 2 aromatic rings. The van der Waals surface area contributed by atoms with Gasteiger partial charge in [0, 0.05) is 17.8 Å². The van der Waals surface area contributed by atoms with E-state index in [1.165, 1.54) is 0 Å². The van der Waals surface area contributed by atoms with E-state index in [0.29, 0.717) is 10.0 Å². The summed E-state index contributed by atoms with van der Waals surface area (Å²) in [6, 6.07) is 5.82. The van der Waals surface area contributed by atoms with Crippen molar-refractivity contribution in [1.82, 2.24) is 15.1 Å². The summed E-state index contributed by atoms with van der Waals surface area (Å²) in [6.07, 6.45) is 2.92. The molecule has 5 heteroatoms. The van der Waals surface area contributed by atoms with E-state index in [0.717, 1.165) is 36.5 Å². The lowest BCUT2D eigenvalue weighted by molar-refractivity contribution is 0.670. The summed E-state index contributed by atoms with van der Waals surface area (Å²) in [4.78, 5) is 0. The third-order valence-electron chi connectivity index (χ3n) is 2.88. The van der Waals surface area contributed by atoms with Gasteiger partial charge in [0.2, 0.25) is 0 Å². The first-order valence-electron chi connectivity index (χ1n) is 6.33. The highest BCUT2D eigenvalue weighted by Gasteiger charge is 2.09. The van der Waals surface area contributed by atoms with Crippen LogP contribution in [0.1, 0.15) is 24.6 Å². The van der Waals surface area contributed by atoms with Gasteiger partial charge in [0.05, 0.1) is 16.4 Å². The summed E-state index contributed by atoms with van der Waals surface area (Å²) in [5.41, 5.74) is 2.93. The second-order valence-corrected chi connectivity index (χ2v) is 5.30. The van der Waals surface area contributed by atoms with Gasteiger partial charge in [-0.2, -0.15) is 5.10 Å². The fourth-order valence-corrected chi connectivity index (χ4v) is 2.16. The molecule has 0 aliphatic rings. The second-order valence-electron chi connectivity index (χ2n) is 4.46. The number of hydrogen-bond donors (Lipinski definition) is 1. The minimum atomic E-state index is 0.660. The van der Waals surface area contributed by atoms with Gasteiger partial charge in [0.25, 0.3) is 0 Å². The number of nitrogens with zero attached hydrogens (tertiary/aromatic N) is 2. The molecule has 0 saturated carbocycles. The van der Waals surface area contributed by atoms with Crippen LogP contribution in [0.4, 0.5) is 0 Å². The summed E-state index contributed by atoms with van der Waals surface area (Å²) in [5.74, 6) is 0. The number of nitrogens with one attached hydrogen (secondary N) is 1. The summed E-state index contributed by atoms with van der Waals surface area (Å²) in [5, 5.41) is 9.15. The molecule has 0 bridgehead atoms. The first-order chi connectivity index (χ1) is 9.11. The van der Waals surface area contributed by atoms with Crippen LogP contribution in [0.2, 0.25) is 10.0 Å². The van der Waals surface area contributed by atoms with Crippen LogP contribution < -0.4 is 5.32 Å². The molecule has 0 aliphatic carbocycles. The maximum Gasteiger partial charge on any atom is 0.0819 e. The predicted molar refractivity (Wildman–Crippen MR) is 80.3 cm³/mol. The zero-order valence-electron chi connectivity index (χ0n) is 11.1. The Morgan fingerprint density at radius 2 is 2.11 bits per heavy atom. The minimum Gasteiger partial charge on any atom is -0.313 e. The molecule has 0 saturated heterocycles. The van der Waals surface area contributed by atoms with Crippen molar-refractivity contribution in [2.45, 2.75) is 26.8 Å². The molecule has 1 aromatic carbocycles. The molecule has 0 fully saturated rings. The van der Waals surface area contributed by atoms with Crippen molar-refractivity contribution in [1.29, 1.82) is 0 Å². The monoisotopic (exact) mass is 297 g/mol. The van der Waals surface area contributed by atoms with Crippen LogP contribution >= 0.6 is 23.2 Å². The van der Waals surface area contributed by atoms with E-state index < -0.39 is 0 Å². The molecule has 0 atom stereocenters. The third kappa shape index (κ3) is 3.50. The predicted octanol–water partition coefficient (Wildman–Crippen LogP) is 3.99. The van der Waals surface area contributed by atoms with E-state index in [1.54, 1.807) is 4.68 Å². The topological polar surface area (TPSA) is 29.9 Å². The average Bonchev–Trinajstić information content (AvgIpc) is 2.71. The van der Waals surface area contributed by atoms with Crippen molar-refractivity contribution in [2.24, 2.45) is 0 Å². The van der Waals surface area contributed by atoms with Gasteiger partial charge in [0.15, 0.2) is 0 Å². The lowest BCUT2D eigenvalue weighted by Crippen LogP contribution is -2.15. The quantitative estimate of drug-likeness (QED) is 0.846. The lowest BCUT2D eigenvalue weighted by Gasteiger charge is -2.11. The Morgan fingerprint density at radius 1 is 1.32 bits per heavy atom. The van der Waals surface area contributed by atoms with Crippen molar-refractivity contribution in [3.8, 4) is 5.69 Å². The Hall–Kier alpha value is -1.03. The SMILES string of the molecule is CCCNCc1ccc(Cl)cc1-n1cc(Cl)c(C)n1. The molecule has 0 unspecified atom stereocenters. The summed E-state index contributed by atoms with van der Waals surface area (Å²) in [7, 11) is 0. The van der Waals surface area contributed by atoms with Gasteiger partial charge in [-0.15, -0.1) is 0 Å². The Balaban J connectivity index is 2.34. The van der Waals surface area contributed by atoms with Crippen LogP contribution in [0.5, 0.6) is 0 Å².